The van der Waals surface area contributed by atoms with Crippen LogP contribution in [0.1, 0.15) is 18.9 Å². The van der Waals surface area contributed by atoms with E-state index >= 15 is 0 Å². The number of piperazine rings is 1. The first-order chi connectivity index (χ1) is 11.7. The van der Waals surface area contributed by atoms with Crippen LogP contribution in [0.15, 0.2) is 35.3 Å². The highest BCUT2D eigenvalue weighted by Crippen LogP contribution is 2.05. The molecule has 6 nitrogen and oxygen atoms in total. The van der Waals surface area contributed by atoms with Gasteiger partial charge in [-0.3, -0.25) is 4.99 Å². The zero-order valence-electron chi connectivity index (χ0n) is 14.7. The van der Waals surface area contributed by atoms with E-state index in [-0.39, 0.29) is 6.09 Å². The standard InChI is InChI=1S/C18H28N4O2/c1-3-24-18(23)22-14-12-21(13-15-22)17(19-2)20-11-7-10-16-8-5-4-6-9-16/h4-6,8-9H,3,7,10-15H2,1-2H3,(H,19,20). The number of carbonyl (C=O) groups is 1. The summed E-state index contributed by atoms with van der Waals surface area (Å²) in [5.41, 5.74) is 1.36. The Morgan fingerprint density at radius 1 is 1.17 bits per heavy atom. The van der Waals surface area contributed by atoms with Gasteiger partial charge in [-0.1, -0.05) is 30.3 Å². The molecule has 1 aliphatic heterocycles. The van der Waals surface area contributed by atoms with E-state index in [1.54, 1.807) is 11.9 Å². The highest BCUT2D eigenvalue weighted by molar-refractivity contribution is 5.80. The topological polar surface area (TPSA) is 57.2 Å². The van der Waals surface area contributed by atoms with Gasteiger partial charge in [0.15, 0.2) is 5.96 Å². The minimum atomic E-state index is -0.219. The van der Waals surface area contributed by atoms with Crippen molar-refractivity contribution in [3.8, 4) is 0 Å². The highest BCUT2D eigenvalue weighted by Gasteiger charge is 2.23. The normalized spacial score (nSPS) is 15.3. The fraction of sp³-hybridized carbons (Fsp3) is 0.556. The lowest BCUT2D eigenvalue weighted by molar-refractivity contribution is 0.0914. The quantitative estimate of drug-likeness (QED) is 0.509. The van der Waals surface area contributed by atoms with Crippen LogP contribution in [0.2, 0.25) is 0 Å². The van der Waals surface area contributed by atoms with Crippen molar-refractivity contribution in [2.75, 3.05) is 46.4 Å². The molecule has 1 amide bonds. The molecule has 0 radical (unpaired) electrons. The molecule has 24 heavy (non-hydrogen) atoms. The molecule has 1 saturated heterocycles. The fourth-order valence-corrected chi connectivity index (χ4v) is 2.79. The first-order valence-corrected chi connectivity index (χ1v) is 8.65. The number of aliphatic imine (C=N–C) groups is 1. The number of ether oxygens (including phenoxy) is 1. The van der Waals surface area contributed by atoms with Gasteiger partial charge >= 0.3 is 6.09 Å². The highest BCUT2D eigenvalue weighted by atomic mass is 16.6. The van der Waals surface area contributed by atoms with Crippen LogP contribution in [0, 0.1) is 0 Å². The van der Waals surface area contributed by atoms with Crippen LogP contribution in [0.25, 0.3) is 0 Å². The summed E-state index contributed by atoms with van der Waals surface area (Å²) in [6.07, 6.45) is 1.90. The van der Waals surface area contributed by atoms with Crippen molar-refractivity contribution in [3.05, 3.63) is 35.9 Å². The summed E-state index contributed by atoms with van der Waals surface area (Å²) in [4.78, 5) is 20.0. The molecule has 6 heteroatoms. The van der Waals surface area contributed by atoms with Crippen molar-refractivity contribution in [2.24, 2.45) is 4.99 Å². The molecule has 0 saturated carbocycles. The second-order valence-electron chi connectivity index (χ2n) is 5.74. The molecule has 0 aliphatic carbocycles. The third kappa shape index (κ3) is 5.44. The Hall–Kier alpha value is -2.24. The zero-order valence-corrected chi connectivity index (χ0v) is 14.7. The Labute approximate surface area is 144 Å². The van der Waals surface area contributed by atoms with E-state index in [0.717, 1.165) is 38.4 Å². The fourth-order valence-electron chi connectivity index (χ4n) is 2.79. The maximum absolute atomic E-state index is 11.7. The number of carbonyl (C=O) groups excluding carboxylic acids is 1. The molecule has 1 N–H and O–H groups in total. The summed E-state index contributed by atoms with van der Waals surface area (Å²) in [6.45, 7) is 6.03. The van der Waals surface area contributed by atoms with Crippen molar-refractivity contribution in [1.82, 2.24) is 15.1 Å². The molecular weight excluding hydrogens is 304 g/mol. The van der Waals surface area contributed by atoms with Gasteiger partial charge in [0.1, 0.15) is 0 Å². The van der Waals surface area contributed by atoms with Gasteiger partial charge in [-0.05, 0) is 25.3 Å². The van der Waals surface area contributed by atoms with Gasteiger partial charge in [0.05, 0.1) is 6.61 Å². The Balaban J connectivity index is 1.70. The second-order valence-corrected chi connectivity index (χ2v) is 5.74. The van der Waals surface area contributed by atoms with Gasteiger partial charge < -0.3 is 19.9 Å². The van der Waals surface area contributed by atoms with E-state index in [9.17, 15) is 4.79 Å². The number of nitrogens with one attached hydrogen (secondary N) is 1. The molecule has 1 aliphatic rings. The van der Waals surface area contributed by atoms with Gasteiger partial charge in [0, 0.05) is 39.8 Å². The van der Waals surface area contributed by atoms with Crippen molar-refractivity contribution >= 4 is 12.1 Å². The molecular formula is C18H28N4O2. The van der Waals surface area contributed by atoms with Crippen LogP contribution in [0.3, 0.4) is 0 Å². The van der Waals surface area contributed by atoms with E-state index in [1.165, 1.54) is 5.56 Å². The third-order valence-corrected chi connectivity index (χ3v) is 4.09. The molecule has 2 rings (SSSR count). The van der Waals surface area contributed by atoms with Gasteiger partial charge in [0.25, 0.3) is 0 Å². The van der Waals surface area contributed by atoms with Crippen molar-refractivity contribution in [2.45, 2.75) is 19.8 Å². The van der Waals surface area contributed by atoms with Gasteiger partial charge in [-0.15, -0.1) is 0 Å². The van der Waals surface area contributed by atoms with Crippen LogP contribution in [-0.2, 0) is 11.2 Å². The number of hydrogen-bond donors (Lipinski definition) is 1. The van der Waals surface area contributed by atoms with Crippen LogP contribution >= 0.6 is 0 Å². The smallest absolute Gasteiger partial charge is 0.409 e. The number of aryl methyl sites for hydroxylation is 1. The maximum Gasteiger partial charge on any atom is 0.409 e. The van der Waals surface area contributed by atoms with E-state index in [2.05, 4.69) is 39.5 Å². The first kappa shape index (κ1) is 18.1. The molecule has 132 valence electrons. The van der Waals surface area contributed by atoms with E-state index in [4.69, 9.17) is 4.74 Å². The SMILES string of the molecule is CCOC(=O)N1CCN(C(=NC)NCCCc2ccccc2)CC1. The lowest BCUT2D eigenvalue weighted by Crippen LogP contribution is -2.54. The summed E-state index contributed by atoms with van der Waals surface area (Å²) < 4.78 is 5.05. The Morgan fingerprint density at radius 3 is 2.46 bits per heavy atom. The van der Waals surface area contributed by atoms with Gasteiger partial charge in [-0.25, -0.2) is 4.79 Å². The molecule has 1 aromatic carbocycles. The van der Waals surface area contributed by atoms with E-state index in [0.29, 0.717) is 19.7 Å². The van der Waals surface area contributed by atoms with Crippen LogP contribution in [-0.4, -0.2) is 68.2 Å². The van der Waals surface area contributed by atoms with Crippen LogP contribution in [0.5, 0.6) is 0 Å². The number of guanidine groups is 1. The molecule has 0 spiro atoms. The molecule has 0 unspecified atom stereocenters. The van der Waals surface area contributed by atoms with Crippen LogP contribution < -0.4 is 5.32 Å². The predicted octanol–water partition coefficient (Wildman–Crippen LogP) is 1.97. The molecule has 1 heterocycles. The summed E-state index contributed by atoms with van der Waals surface area (Å²) in [6, 6.07) is 10.5. The summed E-state index contributed by atoms with van der Waals surface area (Å²) >= 11 is 0. The zero-order chi connectivity index (χ0) is 17.2. The lowest BCUT2D eigenvalue weighted by Gasteiger charge is -2.35. The number of nitrogens with zero attached hydrogens (tertiary/aromatic N) is 3. The maximum atomic E-state index is 11.7. The Kier molecular flexibility index (Phi) is 7.39. The number of rotatable bonds is 5. The molecule has 0 bridgehead atoms. The number of hydrogen-bond acceptors (Lipinski definition) is 3. The molecule has 0 atom stereocenters. The van der Waals surface area contributed by atoms with Crippen molar-refractivity contribution < 1.29 is 9.53 Å². The number of amides is 1. The monoisotopic (exact) mass is 332 g/mol. The van der Waals surface area contributed by atoms with E-state index < -0.39 is 0 Å². The second kappa shape index (κ2) is 9.80. The van der Waals surface area contributed by atoms with Gasteiger partial charge in [0.2, 0.25) is 0 Å². The molecule has 1 aromatic rings. The molecule has 1 fully saturated rings. The summed E-state index contributed by atoms with van der Waals surface area (Å²) in [5.74, 6) is 0.909. The van der Waals surface area contributed by atoms with Gasteiger partial charge in [-0.2, -0.15) is 0 Å². The number of benzene rings is 1. The first-order valence-electron chi connectivity index (χ1n) is 8.65. The minimum Gasteiger partial charge on any atom is -0.450 e. The predicted molar refractivity (Wildman–Crippen MR) is 96.3 cm³/mol. The Bertz CT molecular complexity index is 525. The Morgan fingerprint density at radius 2 is 1.83 bits per heavy atom. The average molecular weight is 332 g/mol. The average Bonchev–Trinajstić information content (AvgIpc) is 2.63. The third-order valence-electron chi connectivity index (χ3n) is 4.09. The molecule has 0 aromatic heterocycles. The summed E-state index contributed by atoms with van der Waals surface area (Å²) in [5, 5.41) is 3.42. The van der Waals surface area contributed by atoms with Crippen molar-refractivity contribution in [3.63, 3.8) is 0 Å². The minimum absolute atomic E-state index is 0.219. The largest absolute Gasteiger partial charge is 0.450 e. The lowest BCUT2D eigenvalue weighted by atomic mass is 10.1. The van der Waals surface area contributed by atoms with E-state index in [1.807, 2.05) is 13.0 Å². The van der Waals surface area contributed by atoms with Crippen molar-refractivity contribution in [1.29, 1.82) is 0 Å². The van der Waals surface area contributed by atoms with Crippen LogP contribution in [0.4, 0.5) is 4.79 Å². The summed E-state index contributed by atoms with van der Waals surface area (Å²) in [7, 11) is 1.80.